The van der Waals surface area contributed by atoms with Gasteiger partial charge < -0.3 is 9.52 Å². The van der Waals surface area contributed by atoms with Gasteiger partial charge in [0, 0.05) is 12.5 Å². The summed E-state index contributed by atoms with van der Waals surface area (Å²) >= 11 is 3.21. The normalized spacial score (nSPS) is 12.7. The quantitative estimate of drug-likeness (QED) is 0.940. The first-order chi connectivity index (χ1) is 8.06. The van der Waals surface area contributed by atoms with Crippen LogP contribution in [-0.4, -0.2) is 5.11 Å². The average Bonchev–Trinajstić information content (AvgIpc) is 2.62. The van der Waals surface area contributed by atoms with E-state index in [9.17, 15) is 13.9 Å². The highest BCUT2D eigenvalue weighted by atomic mass is 79.9. The summed E-state index contributed by atoms with van der Waals surface area (Å²) in [5, 5.41) is 9.86. The molecule has 1 N–H and O–H groups in total. The molecular weight excluding hydrogens is 294 g/mol. The third-order valence-electron chi connectivity index (χ3n) is 2.30. The van der Waals surface area contributed by atoms with Gasteiger partial charge in [-0.15, -0.1) is 0 Å². The highest BCUT2D eigenvalue weighted by molar-refractivity contribution is 9.10. The van der Waals surface area contributed by atoms with Crippen LogP contribution < -0.4 is 0 Å². The second kappa shape index (κ2) is 4.98. The highest BCUT2D eigenvalue weighted by Crippen LogP contribution is 2.27. The molecule has 5 heteroatoms. The van der Waals surface area contributed by atoms with Crippen molar-refractivity contribution in [2.24, 2.45) is 0 Å². The Morgan fingerprint density at radius 2 is 1.88 bits per heavy atom. The van der Waals surface area contributed by atoms with Crippen molar-refractivity contribution >= 4 is 15.9 Å². The molecule has 0 amide bonds. The van der Waals surface area contributed by atoms with Crippen molar-refractivity contribution in [2.45, 2.75) is 12.5 Å². The van der Waals surface area contributed by atoms with E-state index in [0.29, 0.717) is 15.8 Å². The van der Waals surface area contributed by atoms with Gasteiger partial charge in [-0.05, 0) is 39.7 Å². The van der Waals surface area contributed by atoms with E-state index in [1.807, 2.05) is 0 Å². The Morgan fingerprint density at radius 3 is 2.41 bits per heavy atom. The SMILES string of the molecule is OC(Cc1cc(F)cc(F)c1)c1occc1Br. The molecule has 2 rings (SSSR count). The predicted molar refractivity (Wildman–Crippen MR) is 61.4 cm³/mol. The predicted octanol–water partition coefficient (Wildman–Crippen LogP) is 3.60. The van der Waals surface area contributed by atoms with Gasteiger partial charge in [0.25, 0.3) is 0 Å². The maximum absolute atomic E-state index is 12.9. The molecule has 0 bridgehead atoms. The van der Waals surface area contributed by atoms with E-state index in [1.54, 1.807) is 6.07 Å². The smallest absolute Gasteiger partial charge is 0.146 e. The van der Waals surface area contributed by atoms with Crippen LogP contribution in [0.15, 0.2) is 39.4 Å². The minimum Gasteiger partial charge on any atom is -0.465 e. The van der Waals surface area contributed by atoms with Crippen molar-refractivity contribution in [2.75, 3.05) is 0 Å². The van der Waals surface area contributed by atoms with E-state index in [0.717, 1.165) is 6.07 Å². The number of hydrogen-bond acceptors (Lipinski definition) is 2. The molecule has 0 aliphatic carbocycles. The number of hydrogen-bond donors (Lipinski definition) is 1. The molecule has 0 radical (unpaired) electrons. The van der Waals surface area contributed by atoms with Crippen LogP contribution in [0.3, 0.4) is 0 Å². The summed E-state index contributed by atoms with van der Waals surface area (Å²) in [6.45, 7) is 0. The van der Waals surface area contributed by atoms with Crippen molar-refractivity contribution in [3.8, 4) is 0 Å². The minimum atomic E-state index is -0.944. The Morgan fingerprint density at radius 1 is 1.24 bits per heavy atom. The number of rotatable bonds is 3. The van der Waals surface area contributed by atoms with Gasteiger partial charge in [0.2, 0.25) is 0 Å². The van der Waals surface area contributed by atoms with E-state index in [-0.39, 0.29) is 6.42 Å². The Labute approximate surface area is 105 Å². The summed E-state index contributed by atoms with van der Waals surface area (Å²) < 4.78 is 31.6. The average molecular weight is 303 g/mol. The molecule has 0 saturated carbocycles. The first-order valence-corrected chi connectivity index (χ1v) is 5.71. The Balaban J connectivity index is 2.18. The van der Waals surface area contributed by atoms with Crippen LogP contribution in [0.25, 0.3) is 0 Å². The molecule has 17 heavy (non-hydrogen) atoms. The van der Waals surface area contributed by atoms with Crippen molar-refractivity contribution < 1.29 is 18.3 Å². The van der Waals surface area contributed by atoms with Gasteiger partial charge in [0.1, 0.15) is 23.5 Å². The Hall–Kier alpha value is -1.20. The molecule has 2 aromatic rings. The number of furan rings is 1. The van der Waals surface area contributed by atoms with Gasteiger partial charge in [0.05, 0.1) is 10.7 Å². The van der Waals surface area contributed by atoms with Crippen LogP contribution >= 0.6 is 15.9 Å². The molecule has 90 valence electrons. The third kappa shape index (κ3) is 2.92. The molecule has 2 nitrogen and oxygen atoms in total. The summed E-state index contributed by atoms with van der Waals surface area (Å²) in [6, 6.07) is 4.80. The van der Waals surface area contributed by atoms with Gasteiger partial charge >= 0.3 is 0 Å². The standard InChI is InChI=1S/C12H9BrF2O2/c13-10-1-2-17-12(10)11(16)5-7-3-8(14)6-9(15)4-7/h1-4,6,11,16H,5H2. The topological polar surface area (TPSA) is 33.4 Å². The molecule has 0 aliphatic rings. The lowest BCUT2D eigenvalue weighted by Gasteiger charge is -2.08. The Kier molecular flexibility index (Phi) is 3.59. The molecule has 0 saturated heterocycles. The van der Waals surface area contributed by atoms with Crippen molar-refractivity contribution in [3.05, 3.63) is 58.0 Å². The third-order valence-corrected chi connectivity index (χ3v) is 2.95. The molecule has 1 atom stereocenters. The molecule has 1 aromatic carbocycles. The minimum absolute atomic E-state index is 0.0841. The number of aliphatic hydroxyl groups is 1. The van der Waals surface area contributed by atoms with Crippen molar-refractivity contribution in [1.29, 1.82) is 0 Å². The monoisotopic (exact) mass is 302 g/mol. The van der Waals surface area contributed by atoms with Crippen LogP contribution in [0.1, 0.15) is 17.4 Å². The van der Waals surface area contributed by atoms with Crippen molar-refractivity contribution in [1.82, 2.24) is 0 Å². The van der Waals surface area contributed by atoms with Gasteiger partial charge in [-0.1, -0.05) is 0 Å². The summed E-state index contributed by atoms with van der Waals surface area (Å²) in [5.41, 5.74) is 0.373. The fourth-order valence-electron chi connectivity index (χ4n) is 1.59. The highest BCUT2D eigenvalue weighted by Gasteiger charge is 2.16. The number of halogens is 3. The summed E-state index contributed by atoms with van der Waals surface area (Å²) in [7, 11) is 0. The fourth-order valence-corrected chi connectivity index (χ4v) is 2.05. The molecule has 1 heterocycles. The molecule has 0 spiro atoms. The lowest BCUT2D eigenvalue weighted by molar-refractivity contribution is 0.149. The second-order valence-electron chi connectivity index (χ2n) is 3.63. The van der Waals surface area contributed by atoms with Crippen LogP contribution in [0, 0.1) is 11.6 Å². The van der Waals surface area contributed by atoms with E-state index < -0.39 is 17.7 Å². The largest absolute Gasteiger partial charge is 0.465 e. The summed E-state index contributed by atoms with van der Waals surface area (Å²) in [6.07, 6.45) is 0.566. The second-order valence-corrected chi connectivity index (χ2v) is 4.48. The number of benzene rings is 1. The van der Waals surface area contributed by atoms with E-state index in [2.05, 4.69) is 15.9 Å². The first-order valence-electron chi connectivity index (χ1n) is 4.92. The Bertz CT molecular complexity index is 505. The maximum atomic E-state index is 12.9. The van der Waals surface area contributed by atoms with Gasteiger partial charge in [-0.3, -0.25) is 0 Å². The van der Waals surface area contributed by atoms with Crippen LogP contribution in [-0.2, 0) is 6.42 Å². The zero-order valence-corrected chi connectivity index (χ0v) is 10.2. The van der Waals surface area contributed by atoms with Gasteiger partial charge in [0.15, 0.2) is 0 Å². The molecule has 0 aliphatic heterocycles. The lowest BCUT2D eigenvalue weighted by atomic mass is 10.1. The van der Waals surface area contributed by atoms with Crippen LogP contribution in [0.4, 0.5) is 8.78 Å². The molecule has 1 aromatic heterocycles. The zero-order valence-electron chi connectivity index (χ0n) is 8.66. The molecule has 1 unspecified atom stereocenters. The van der Waals surface area contributed by atoms with Crippen LogP contribution in [0.5, 0.6) is 0 Å². The van der Waals surface area contributed by atoms with E-state index in [4.69, 9.17) is 4.42 Å². The summed E-state index contributed by atoms with van der Waals surface area (Å²) in [5.74, 6) is -0.980. The zero-order chi connectivity index (χ0) is 12.4. The van der Waals surface area contributed by atoms with E-state index >= 15 is 0 Å². The number of aliphatic hydroxyl groups excluding tert-OH is 1. The van der Waals surface area contributed by atoms with Gasteiger partial charge in [-0.25, -0.2) is 8.78 Å². The lowest BCUT2D eigenvalue weighted by Crippen LogP contribution is -2.02. The van der Waals surface area contributed by atoms with Crippen molar-refractivity contribution in [3.63, 3.8) is 0 Å². The molecular formula is C12H9BrF2O2. The van der Waals surface area contributed by atoms with E-state index in [1.165, 1.54) is 18.4 Å². The van der Waals surface area contributed by atoms with Gasteiger partial charge in [-0.2, -0.15) is 0 Å². The maximum Gasteiger partial charge on any atom is 0.146 e. The fraction of sp³-hybridized carbons (Fsp3) is 0.167. The molecule has 0 fully saturated rings. The first kappa shape index (κ1) is 12.3. The summed E-state index contributed by atoms with van der Waals surface area (Å²) in [4.78, 5) is 0. The van der Waals surface area contributed by atoms with Crippen LogP contribution in [0.2, 0.25) is 0 Å².